The van der Waals surface area contributed by atoms with Gasteiger partial charge in [0.15, 0.2) is 0 Å². The quantitative estimate of drug-likeness (QED) is 0.414. The van der Waals surface area contributed by atoms with Gasteiger partial charge in [-0.3, -0.25) is 4.90 Å². The number of hydrogen-bond donors (Lipinski definition) is 2. The van der Waals surface area contributed by atoms with E-state index in [0.717, 1.165) is 49.6 Å². The summed E-state index contributed by atoms with van der Waals surface area (Å²) < 4.78 is 10.0. The first-order chi connectivity index (χ1) is 16.5. The van der Waals surface area contributed by atoms with Crippen LogP contribution in [-0.4, -0.2) is 81.8 Å². The maximum Gasteiger partial charge on any atom is 0.337 e. The maximum atomic E-state index is 13.2. The third-order valence-corrected chi connectivity index (χ3v) is 5.72. The molecular formula is C26H34N4O4. The van der Waals surface area contributed by atoms with Gasteiger partial charge in [0.25, 0.3) is 0 Å². The Hall–Kier alpha value is -3.36. The highest BCUT2D eigenvalue weighted by Gasteiger charge is 2.18. The zero-order valence-corrected chi connectivity index (χ0v) is 20.0. The Morgan fingerprint density at radius 2 is 1.85 bits per heavy atom. The van der Waals surface area contributed by atoms with E-state index in [1.54, 1.807) is 36.3 Å². The van der Waals surface area contributed by atoms with E-state index in [9.17, 15) is 9.59 Å². The van der Waals surface area contributed by atoms with Crippen molar-refractivity contribution >= 4 is 17.7 Å². The molecular weight excluding hydrogens is 432 g/mol. The zero-order valence-electron chi connectivity index (χ0n) is 20.0. The van der Waals surface area contributed by atoms with Gasteiger partial charge in [-0.25, -0.2) is 9.59 Å². The van der Waals surface area contributed by atoms with E-state index in [1.165, 1.54) is 7.11 Å². The highest BCUT2D eigenvalue weighted by atomic mass is 16.5. The molecule has 1 aliphatic rings. The number of rotatable bonds is 10. The first kappa shape index (κ1) is 25.3. The van der Waals surface area contributed by atoms with Gasteiger partial charge >= 0.3 is 12.0 Å². The number of carbonyl (C=O) groups is 2. The summed E-state index contributed by atoms with van der Waals surface area (Å²) in [5, 5.41) is 6.27. The van der Waals surface area contributed by atoms with Crippen molar-refractivity contribution < 1.29 is 19.1 Å². The van der Waals surface area contributed by atoms with Crippen molar-refractivity contribution in [3.8, 4) is 5.75 Å². The Labute approximate surface area is 201 Å². The lowest BCUT2D eigenvalue weighted by Gasteiger charge is -2.30. The number of methoxy groups -OCH3 is 2. The van der Waals surface area contributed by atoms with Crippen molar-refractivity contribution in [3.63, 3.8) is 0 Å². The normalized spacial score (nSPS) is 13.7. The van der Waals surface area contributed by atoms with E-state index >= 15 is 0 Å². The number of amides is 2. The minimum absolute atomic E-state index is 0.239. The molecule has 1 saturated heterocycles. The highest BCUT2D eigenvalue weighted by molar-refractivity contribution is 5.94. The van der Waals surface area contributed by atoms with Gasteiger partial charge < -0.3 is 25.0 Å². The van der Waals surface area contributed by atoms with Gasteiger partial charge in [0.05, 0.1) is 19.8 Å². The van der Waals surface area contributed by atoms with Crippen molar-refractivity contribution in [3.05, 3.63) is 71.8 Å². The molecule has 2 amide bonds. The molecule has 182 valence electrons. The highest BCUT2D eigenvalue weighted by Crippen LogP contribution is 2.15. The van der Waals surface area contributed by atoms with Crippen LogP contribution >= 0.6 is 0 Å². The molecule has 2 aromatic carbocycles. The zero-order chi connectivity index (χ0) is 24.3. The summed E-state index contributed by atoms with van der Waals surface area (Å²) in [5.74, 6) is 0.352. The Morgan fingerprint density at radius 3 is 2.53 bits per heavy atom. The first-order valence-electron chi connectivity index (χ1n) is 11.5. The van der Waals surface area contributed by atoms with Crippen molar-refractivity contribution in [2.45, 2.75) is 6.42 Å². The number of benzene rings is 2. The number of nitrogens with zero attached hydrogens (tertiary/aromatic N) is 2. The predicted octanol–water partition coefficient (Wildman–Crippen LogP) is 3.02. The maximum absolute atomic E-state index is 13.2. The summed E-state index contributed by atoms with van der Waals surface area (Å²) in [6.07, 6.45) is 0.695. The summed E-state index contributed by atoms with van der Waals surface area (Å²) in [6.45, 7) is 9.84. The minimum atomic E-state index is -0.447. The van der Waals surface area contributed by atoms with Crippen LogP contribution in [-0.2, 0) is 11.2 Å². The number of ether oxygens (including phenoxy) is 2. The molecule has 1 fully saturated rings. The molecule has 1 aliphatic heterocycles. The van der Waals surface area contributed by atoms with E-state index < -0.39 is 5.97 Å². The molecule has 0 atom stereocenters. The van der Waals surface area contributed by atoms with Gasteiger partial charge in [-0.1, -0.05) is 24.8 Å². The Morgan fingerprint density at radius 1 is 1.12 bits per heavy atom. The van der Waals surface area contributed by atoms with E-state index in [1.807, 2.05) is 24.3 Å². The number of nitrogens with one attached hydrogen (secondary N) is 2. The summed E-state index contributed by atoms with van der Waals surface area (Å²) in [5.41, 5.74) is 3.01. The standard InChI is InChI=1S/C26H34N4O4/c1-20(18-29-15-12-27-13-16-29)19-30(14-11-21-7-9-24(33-2)10-8-21)26(32)28-23-6-4-5-22(17-23)25(31)34-3/h4-10,17,27H,1,11-16,18-19H2,2-3H3,(H,28,32). The smallest absolute Gasteiger partial charge is 0.337 e. The second-order valence-electron chi connectivity index (χ2n) is 8.30. The number of hydrogen-bond acceptors (Lipinski definition) is 6. The molecule has 2 N–H and O–H groups in total. The van der Waals surface area contributed by atoms with E-state index in [4.69, 9.17) is 9.47 Å². The van der Waals surface area contributed by atoms with Crippen molar-refractivity contribution in [2.24, 2.45) is 0 Å². The third-order valence-electron chi connectivity index (χ3n) is 5.72. The molecule has 2 aromatic rings. The summed E-state index contributed by atoms with van der Waals surface area (Å²) in [6, 6.07) is 14.3. The monoisotopic (exact) mass is 466 g/mol. The van der Waals surface area contributed by atoms with Crippen LogP contribution in [0.2, 0.25) is 0 Å². The second kappa shape index (κ2) is 12.8. The molecule has 1 heterocycles. The molecule has 0 spiro atoms. The lowest BCUT2D eigenvalue weighted by molar-refractivity contribution is 0.0600. The molecule has 8 nitrogen and oxygen atoms in total. The van der Waals surface area contributed by atoms with Gasteiger partial charge in [-0.15, -0.1) is 0 Å². The lowest BCUT2D eigenvalue weighted by Crippen LogP contribution is -2.45. The van der Waals surface area contributed by atoms with Crippen molar-refractivity contribution in [1.29, 1.82) is 0 Å². The van der Waals surface area contributed by atoms with Crippen LogP contribution in [0.4, 0.5) is 10.5 Å². The predicted molar refractivity (Wildman–Crippen MR) is 134 cm³/mol. The number of carbonyl (C=O) groups excluding carboxylic acids is 2. The topological polar surface area (TPSA) is 83.1 Å². The lowest BCUT2D eigenvalue weighted by atomic mass is 10.1. The van der Waals surface area contributed by atoms with Crippen LogP contribution in [0.5, 0.6) is 5.75 Å². The van der Waals surface area contributed by atoms with Crippen LogP contribution in [0, 0.1) is 0 Å². The molecule has 34 heavy (non-hydrogen) atoms. The summed E-state index contributed by atoms with van der Waals surface area (Å²) in [7, 11) is 2.97. The Balaban J connectivity index is 1.67. The fourth-order valence-electron chi connectivity index (χ4n) is 3.86. The van der Waals surface area contributed by atoms with Gasteiger partial charge in [0.2, 0.25) is 0 Å². The largest absolute Gasteiger partial charge is 0.497 e. The molecule has 0 aliphatic carbocycles. The van der Waals surface area contributed by atoms with E-state index in [2.05, 4.69) is 22.1 Å². The average molecular weight is 467 g/mol. The van der Waals surface area contributed by atoms with Crippen LogP contribution in [0.15, 0.2) is 60.7 Å². The molecule has 0 radical (unpaired) electrons. The van der Waals surface area contributed by atoms with Crippen LogP contribution in [0.3, 0.4) is 0 Å². The van der Waals surface area contributed by atoms with Crippen molar-refractivity contribution in [2.75, 3.05) is 65.3 Å². The molecule has 0 unspecified atom stereocenters. The molecule has 0 aromatic heterocycles. The molecule has 0 bridgehead atoms. The summed E-state index contributed by atoms with van der Waals surface area (Å²) in [4.78, 5) is 29.2. The third kappa shape index (κ3) is 7.60. The molecule has 0 saturated carbocycles. The summed E-state index contributed by atoms with van der Waals surface area (Å²) >= 11 is 0. The molecule has 8 heteroatoms. The van der Waals surface area contributed by atoms with Gasteiger partial charge in [-0.05, 0) is 47.9 Å². The van der Waals surface area contributed by atoms with Crippen LogP contribution < -0.4 is 15.4 Å². The number of anilines is 1. The van der Waals surface area contributed by atoms with Gasteiger partial charge in [0.1, 0.15) is 5.75 Å². The number of piperazine rings is 1. The Kier molecular flexibility index (Phi) is 9.49. The van der Waals surface area contributed by atoms with Gasteiger partial charge in [0, 0.05) is 51.5 Å². The first-order valence-corrected chi connectivity index (χ1v) is 11.5. The van der Waals surface area contributed by atoms with Gasteiger partial charge in [-0.2, -0.15) is 0 Å². The fraction of sp³-hybridized carbons (Fsp3) is 0.385. The number of urea groups is 1. The van der Waals surface area contributed by atoms with Crippen LogP contribution in [0.1, 0.15) is 15.9 Å². The van der Waals surface area contributed by atoms with Crippen molar-refractivity contribution in [1.82, 2.24) is 15.1 Å². The van der Waals surface area contributed by atoms with Crippen LogP contribution in [0.25, 0.3) is 0 Å². The SMILES string of the molecule is C=C(CN1CCNCC1)CN(CCc1ccc(OC)cc1)C(=O)Nc1cccc(C(=O)OC)c1. The minimum Gasteiger partial charge on any atom is -0.497 e. The second-order valence-corrected chi connectivity index (χ2v) is 8.30. The average Bonchev–Trinajstić information content (AvgIpc) is 2.87. The fourth-order valence-corrected chi connectivity index (χ4v) is 3.86. The van der Waals surface area contributed by atoms with E-state index in [-0.39, 0.29) is 6.03 Å². The van der Waals surface area contributed by atoms with E-state index in [0.29, 0.717) is 30.8 Å². The number of esters is 1. The Bertz CT molecular complexity index is 971. The molecule has 3 rings (SSSR count).